The second-order valence-electron chi connectivity index (χ2n) is 10.6. The molecule has 1 saturated heterocycles. The fraction of sp³-hybridized carbons (Fsp3) is 0.680. The zero-order valence-corrected chi connectivity index (χ0v) is 20.2. The number of hydrogen-bond acceptors (Lipinski definition) is 4. The van der Waals surface area contributed by atoms with Crippen LogP contribution in [-0.2, 0) is 16.0 Å². The van der Waals surface area contributed by atoms with Gasteiger partial charge in [0.05, 0.1) is 5.69 Å². The lowest BCUT2D eigenvalue weighted by Crippen LogP contribution is -2.37. The molecule has 174 valence electrons. The molecule has 1 aliphatic carbocycles. The van der Waals surface area contributed by atoms with E-state index in [1.165, 1.54) is 12.8 Å². The van der Waals surface area contributed by atoms with Crippen LogP contribution in [0.3, 0.4) is 0 Å². The zero-order chi connectivity index (χ0) is 23.0. The average Bonchev–Trinajstić information content (AvgIpc) is 3.46. The molecule has 7 heteroatoms. The van der Waals surface area contributed by atoms with Crippen LogP contribution in [0.2, 0.25) is 0 Å². The van der Waals surface area contributed by atoms with Gasteiger partial charge >= 0.3 is 0 Å². The smallest absolute Gasteiger partial charge is 0.227 e. The lowest BCUT2D eigenvalue weighted by molar-refractivity contribution is -0.138. The summed E-state index contributed by atoms with van der Waals surface area (Å²) in [6.45, 7) is 11.5. The quantitative estimate of drug-likeness (QED) is 0.770. The summed E-state index contributed by atoms with van der Waals surface area (Å²) in [5.74, 6) is 0.571. The molecule has 2 aliphatic rings. The van der Waals surface area contributed by atoms with E-state index in [-0.39, 0.29) is 23.1 Å². The van der Waals surface area contributed by atoms with Crippen molar-refractivity contribution in [3.05, 3.63) is 28.7 Å². The Bertz CT molecular complexity index is 1010. The van der Waals surface area contributed by atoms with Crippen LogP contribution in [0.1, 0.15) is 87.9 Å². The summed E-state index contributed by atoms with van der Waals surface area (Å²) >= 11 is 0. The number of amides is 2. The lowest BCUT2D eigenvalue weighted by atomic mass is 9.95. The van der Waals surface area contributed by atoms with E-state index in [2.05, 4.69) is 18.3 Å². The molecular formula is C25H37N5O2. The third kappa shape index (κ3) is 4.66. The van der Waals surface area contributed by atoms with Crippen molar-refractivity contribution in [2.24, 2.45) is 5.41 Å². The Labute approximate surface area is 191 Å². The minimum absolute atomic E-state index is 0.131. The minimum atomic E-state index is -0.359. The first-order valence-corrected chi connectivity index (χ1v) is 12.1. The van der Waals surface area contributed by atoms with Crippen molar-refractivity contribution in [3.8, 4) is 0 Å². The van der Waals surface area contributed by atoms with E-state index in [0.717, 1.165) is 54.1 Å². The van der Waals surface area contributed by atoms with Crippen molar-refractivity contribution in [2.45, 2.75) is 91.5 Å². The van der Waals surface area contributed by atoms with Gasteiger partial charge in [-0.05, 0) is 45.1 Å². The first kappa shape index (κ1) is 22.7. The molecule has 1 atom stereocenters. The van der Waals surface area contributed by atoms with E-state index in [4.69, 9.17) is 10.1 Å². The van der Waals surface area contributed by atoms with Gasteiger partial charge < -0.3 is 10.2 Å². The number of nitrogens with zero attached hydrogens (tertiary/aromatic N) is 4. The molecule has 0 bridgehead atoms. The molecule has 0 unspecified atom stereocenters. The summed E-state index contributed by atoms with van der Waals surface area (Å²) in [6, 6.07) is 2.42. The van der Waals surface area contributed by atoms with E-state index in [1.54, 1.807) is 0 Å². The predicted octanol–water partition coefficient (Wildman–Crippen LogP) is 3.70. The highest BCUT2D eigenvalue weighted by Gasteiger charge is 2.34. The maximum atomic E-state index is 12.7. The van der Waals surface area contributed by atoms with Crippen LogP contribution in [0.25, 0.3) is 5.65 Å². The molecule has 2 aromatic heterocycles. The second-order valence-corrected chi connectivity index (χ2v) is 10.6. The van der Waals surface area contributed by atoms with Gasteiger partial charge in [0.25, 0.3) is 0 Å². The molecule has 3 heterocycles. The zero-order valence-electron chi connectivity index (χ0n) is 20.2. The maximum Gasteiger partial charge on any atom is 0.227 e. The van der Waals surface area contributed by atoms with Crippen LogP contribution in [-0.4, -0.2) is 50.4 Å². The van der Waals surface area contributed by atoms with Gasteiger partial charge in [-0.1, -0.05) is 33.6 Å². The third-order valence-electron chi connectivity index (χ3n) is 7.04. The molecule has 7 nitrogen and oxygen atoms in total. The summed E-state index contributed by atoms with van der Waals surface area (Å²) in [7, 11) is 0. The first-order chi connectivity index (χ1) is 15.1. The number of rotatable bonds is 5. The van der Waals surface area contributed by atoms with Crippen molar-refractivity contribution < 1.29 is 9.59 Å². The SMILES string of the molecule is Cc1nc2cc([C@H]3CCN(C(=O)C(C)(C)C)C3)nn2c(C)c1CCC(=O)NC1CCCC1. The molecule has 2 aromatic rings. The number of fused-ring (bicyclic) bond motifs is 1. The van der Waals surface area contributed by atoms with Crippen molar-refractivity contribution in [3.63, 3.8) is 0 Å². The molecule has 0 spiro atoms. The molecule has 4 rings (SSSR count). The molecule has 1 N–H and O–H groups in total. The Morgan fingerprint density at radius 1 is 1.16 bits per heavy atom. The maximum absolute atomic E-state index is 12.7. The van der Waals surface area contributed by atoms with Gasteiger partial charge in [-0.15, -0.1) is 0 Å². The minimum Gasteiger partial charge on any atom is -0.353 e. The molecule has 0 aromatic carbocycles. The number of hydrogen-bond donors (Lipinski definition) is 1. The fourth-order valence-electron chi connectivity index (χ4n) is 5.17. The normalized spacial score (nSPS) is 19.8. The largest absolute Gasteiger partial charge is 0.353 e. The topological polar surface area (TPSA) is 79.6 Å². The number of aromatic nitrogens is 3. The Morgan fingerprint density at radius 3 is 2.56 bits per heavy atom. The summed E-state index contributed by atoms with van der Waals surface area (Å²) in [4.78, 5) is 31.8. The summed E-state index contributed by atoms with van der Waals surface area (Å²) in [6.07, 6.45) is 6.72. The average molecular weight is 440 g/mol. The van der Waals surface area contributed by atoms with E-state index in [9.17, 15) is 9.59 Å². The second kappa shape index (κ2) is 8.83. The van der Waals surface area contributed by atoms with Crippen molar-refractivity contribution in [2.75, 3.05) is 13.1 Å². The standard InChI is InChI=1S/C25H37N5O2/c1-16-20(10-11-23(31)27-19-8-6-7-9-19)17(2)30-22(26-16)14-21(28-30)18-12-13-29(15-18)24(32)25(3,4)5/h14,18-19H,6-13,15H2,1-5H3,(H,27,31)/t18-/m0/s1. The highest BCUT2D eigenvalue weighted by Crippen LogP contribution is 2.30. The number of likely N-dealkylation sites (tertiary alicyclic amines) is 1. The summed E-state index contributed by atoms with van der Waals surface area (Å²) < 4.78 is 1.92. The van der Waals surface area contributed by atoms with Crippen LogP contribution in [0.5, 0.6) is 0 Å². The number of carbonyl (C=O) groups excluding carboxylic acids is 2. The molecular weight excluding hydrogens is 402 g/mol. The van der Waals surface area contributed by atoms with E-state index < -0.39 is 0 Å². The number of nitrogens with one attached hydrogen (secondary N) is 1. The van der Waals surface area contributed by atoms with Gasteiger partial charge in [-0.25, -0.2) is 9.50 Å². The van der Waals surface area contributed by atoms with Gasteiger partial charge in [-0.3, -0.25) is 9.59 Å². The highest BCUT2D eigenvalue weighted by molar-refractivity contribution is 5.81. The summed E-state index contributed by atoms with van der Waals surface area (Å²) in [5.41, 5.74) is 4.60. The van der Waals surface area contributed by atoms with Gasteiger partial charge in [0.15, 0.2) is 5.65 Å². The van der Waals surface area contributed by atoms with Crippen LogP contribution in [0.15, 0.2) is 6.07 Å². The monoisotopic (exact) mass is 439 g/mol. The Balaban J connectivity index is 1.47. The van der Waals surface area contributed by atoms with Gasteiger partial charge in [0, 0.05) is 54.3 Å². The van der Waals surface area contributed by atoms with E-state index in [0.29, 0.717) is 25.4 Å². The third-order valence-corrected chi connectivity index (χ3v) is 7.04. The Morgan fingerprint density at radius 2 is 1.88 bits per heavy atom. The predicted molar refractivity (Wildman–Crippen MR) is 125 cm³/mol. The van der Waals surface area contributed by atoms with E-state index in [1.807, 2.05) is 37.1 Å². The molecule has 1 aliphatic heterocycles. The lowest BCUT2D eigenvalue weighted by Gasteiger charge is -2.25. The molecule has 0 radical (unpaired) electrons. The Kier molecular flexibility index (Phi) is 6.28. The van der Waals surface area contributed by atoms with E-state index >= 15 is 0 Å². The fourth-order valence-corrected chi connectivity index (χ4v) is 5.17. The molecule has 32 heavy (non-hydrogen) atoms. The molecule has 2 amide bonds. The Hall–Kier alpha value is -2.44. The van der Waals surface area contributed by atoms with Crippen molar-refractivity contribution >= 4 is 17.5 Å². The first-order valence-electron chi connectivity index (χ1n) is 12.1. The number of carbonyl (C=O) groups is 2. The van der Waals surface area contributed by atoms with Gasteiger partial charge in [0.1, 0.15) is 0 Å². The van der Waals surface area contributed by atoms with Crippen LogP contribution >= 0.6 is 0 Å². The van der Waals surface area contributed by atoms with Crippen molar-refractivity contribution in [1.82, 2.24) is 24.8 Å². The van der Waals surface area contributed by atoms with Crippen molar-refractivity contribution in [1.29, 1.82) is 0 Å². The summed E-state index contributed by atoms with van der Waals surface area (Å²) in [5, 5.41) is 8.05. The van der Waals surface area contributed by atoms with Crippen LogP contribution in [0, 0.1) is 19.3 Å². The number of aryl methyl sites for hydroxylation is 2. The molecule has 1 saturated carbocycles. The highest BCUT2D eigenvalue weighted by atomic mass is 16.2. The van der Waals surface area contributed by atoms with Crippen LogP contribution in [0.4, 0.5) is 0 Å². The van der Waals surface area contributed by atoms with Crippen LogP contribution < -0.4 is 5.32 Å². The van der Waals surface area contributed by atoms with Gasteiger partial charge in [-0.2, -0.15) is 5.10 Å². The molecule has 2 fully saturated rings. The van der Waals surface area contributed by atoms with Gasteiger partial charge in [0.2, 0.25) is 11.8 Å².